The first-order chi connectivity index (χ1) is 9.41. The number of hydrogen-bond acceptors (Lipinski definition) is 5. The smallest absolute Gasteiger partial charge is 0.252 e. The maximum absolute atomic E-state index is 11.5. The zero-order chi connectivity index (χ0) is 14.8. The number of aromatic nitrogens is 1. The predicted octanol–water partition coefficient (Wildman–Crippen LogP) is -0.226. The van der Waals surface area contributed by atoms with Gasteiger partial charge in [-0.05, 0) is 12.1 Å². The summed E-state index contributed by atoms with van der Waals surface area (Å²) in [6.07, 6.45) is 2.23. The highest BCUT2D eigenvalue weighted by atomic mass is 32.2. The van der Waals surface area contributed by atoms with E-state index in [1.165, 1.54) is 16.8 Å². The van der Waals surface area contributed by atoms with Gasteiger partial charge in [0.1, 0.15) is 6.10 Å². The summed E-state index contributed by atoms with van der Waals surface area (Å²) in [6.45, 7) is 0.924. The lowest BCUT2D eigenvalue weighted by Gasteiger charge is -2.30. The number of carbonyl (C=O) groups is 1. The number of nitrogens with zero attached hydrogens (tertiary/aromatic N) is 2. The molecule has 0 saturated carbocycles. The van der Waals surface area contributed by atoms with Crippen LogP contribution in [0.5, 0.6) is 0 Å². The van der Waals surface area contributed by atoms with Crippen molar-refractivity contribution in [3.05, 3.63) is 29.6 Å². The summed E-state index contributed by atoms with van der Waals surface area (Å²) in [5.74, 6) is -0.216. The number of ether oxygens (including phenoxy) is 1. The summed E-state index contributed by atoms with van der Waals surface area (Å²) in [5, 5.41) is 2.51. The molecule has 1 unspecified atom stereocenters. The minimum atomic E-state index is -3.23. The first-order valence-corrected chi connectivity index (χ1v) is 8.01. The monoisotopic (exact) mass is 299 g/mol. The number of carbonyl (C=O) groups excluding carboxylic acids is 1. The maximum Gasteiger partial charge on any atom is 0.252 e. The maximum atomic E-state index is 11.5. The van der Waals surface area contributed by atoms with Gasteiger partial charge in [0.2, 0.25) is 10.0 Å². The molecule has 1 aliphatic heterocycles. The van der Waals surface area contributed by atoms with E-state index in [0.717, 1.165) is 0 Å². The van der Waals surface area contributed by atoms with Crippen molar-refractivity contribution in [2.75, 3.05) is 33.0 Å². The van der Waals surface area contributed by atoms with Crippen LogP contribution in [0.2, 0.25) is 0 Å². The van der Waals surface area contributed by atoms with Crippen LogP contribution in [0.4, 0.5) is 0 Å². The van der Waals surface area contributed by atoms with Crippen molar-refractivity contribution in [3.8, 4) is 0 Å². The van der Waals surface area contributed by atoms with E-state index in [4.69, 9.17) is 4.74 Å². The standard InChI is InChI=1S/C12H17N3O4S/c1-13-12(16)9-3-4-10(14-7-9)11-8-15(5-6-19-11)20(2,17)18/h3-4,7,11H,5-6,8H2,1-2H3,(H,13,16). The van der Waals surface area contributed by atoms with Gasteiger partial charge in [-0.25, -0.2) is 8.42 Å². The Kier molecular flexibility index (Phi) is 4.36. The van der Waals surface area contributed by atoms with E-state index in [9.17, 15) is 13.2 Å². The number of nitrogens with one attached hydrogen (secondary N) is 1. The molecular weight excluding hydrogens is 282 g/mol. The highest BCUT2D eigenvalue weighted by molar-refractivity contribution is 7.88. The fourth-order valence-electron chi connectivity index (χ4n) is 1.98. The van der Waals surface area contributed by atoms with Crippen molar-refractivity contribution in [2.24, 2.45) is 0 Å². The van der Waals surface area contributed by atoms with Gasteiger partial charge < -0.3 is 10.1 Å². The third kappa shape index (κ3) is 3.33. The fourth-order valence-corrected chi connectivity index (χ4v) is 2.79. The average Bonchev–Trinajstić information content (AvgIpc) is 2.46. The van der Waals surface area contributed by atoms with E-state index in [1.54, 1.807) is 19.2 Å². The molecule has 0 aromatic carbocycles. The molecule has 0 spiro atoms. The zero-order valence-corrected chi connectivity index (χ0v) is 12.2. The van der Waals surface area contributed by atoms with E-state index in [2.05, 4.69) is 10.3 Å². The molecule has 1 amide bonds. The Bertz CT molecular complexity index is 585. The third-order valence-electron chi connectivity index (χ3n) is 3.10. The van der Waals surface area contributed by atoms with Gasteiger partial charge in [0.25, 0.3) is 5.91 Å². The van der Waals surface area contributed by atoms with Crippen LogP contribution in [0.25, 0.3) is 0 Å². The van der Waals surface area contributed by atoms with E-state index in [-0.39, 0.29) is 12.5 Å². The minimum Gasteiger partial charge on any atom is -0.369 e. The number of sulfonamides is 1. The van der Waals surface area contributed by atoms with Crippen LogP contribution in [0.1, 0.15) is 22.2 Å². The van der Waals surface area contributed by atoms with Gasteiger partial charge in [0, 0.05) is 26.3 Å². The van der Waals surface area contributed by atoms with Crippen LogP contribution in [-0.4, -0.2) is 56.6 Å². The second-order valence-electron chi connectivity index (χ2n) is 4.53. The average molecular weight is 299 g/mol. The lowest BCUT2D eigenvalue weighted by atomic mass is 10.1. The fraction of sp³-hybridized carbons (Fsp3) is 0.500. The van der Waals surface area contributed by atoms with Gasteiger partial charge in [-0.3, -0.25) is 9.78 Å². The summed E-state index contributed by atoms with van der Waals surface area (Å²) < 4.78 is 30.0. The summed E-state index contributed by atoms with van der Waals surface area (Å²) >= 11 is 0. The second kappa shape index (κ2) is 5.86. The Hall–Kier alpha value is -1.51. The Morgan fingerprint density at radius 3 is 2.80 bits per heavy atom. The molecule has 8 heteroatoms. The zero-order valence-electron chi connectivity index (χ0n) is 11.4. The Morgan fingerprint density at radius 2 is 2.25 bits per heavy atom. The summed E-state index contributed by atoms with van der Waals surface area (Å²) in [4.78, 5) is 15.6. The molecule has 1 aromatic heterocycles. The van der Waals surface area contributed by atoms with Crippen molar-refractivity contribution in [1.82, 2.24) is 14.6 Å². The molecule has 2 heterocycles. The molecule has 7 nitrogen and oxygen atoms in total. The summed E-state index contributed by atoms with van der Waals surface area (Å²) in [5.41, 5.74) is 1.07. The molecule has 0 radical (unpaired) electrons. The van der Waals surface area contributed by atoms with Crippen molar-refractivity contribution in [3.63, 3.8) is 0 Å². The SMILES string of the molecule is CNC(=O)c1ccc(C2CN(S(C)(=O)=O)CCO2)nc1. The number of morpholine rings is 1. The Balaban J connectivity index is 2.13. The Morgan fingerprint density at radius 1 is 1.50 bits per heavy atom. The first-order valence-electron chi connectivity index (χ1n) is 6.16. The molecule has 1 aliphatic rings. The van der Waals surface area contributed by atoms with Crippen LogP contribution in [0.3, 0.4) is 0 Å². The van der Waals surface area contributed by atoms with Crippen molar-refractivity contribution < 1.29 is 17.9 Å². The van der Waals surface area contributed by atoms with Gasteiger partial charge >= 0.3 is 0 Å². The van der Waals surface area contributed by atoms with Gasteiger partial charge in [0.15, 0.2) is 0 Å². The van der Waals surface area contributed by atoms with Gasteiger partial charge in [-0.2, -0.15) is 4.31 Å². The molecule has 1 N–H and O–H groups in total. The highest BCUT2D eigenvalue weighted by Gasteiger charge is 2.28. The number of hydrogen-bond donors (Lipinski definition) is 1. The molecule has 1 fully saturated rings. The van der Waals surface area contributed by atoms with Crippen LogP contribution in [0.15, 0.2) is 18.3 Å². The van der Waals surface area contributed by atoms with Gasteiger partial charge in [-0.1, -0.05) is 0 Å². The third-order valence-corrected chi connectivity index (χ3v) is 4.37. The molecule has 1 saturated heterocycles. The summed E-state index contributed by atoms with van der Waals surface area (Å²) in [6, 6.07) is 3.32. The summed E-state index contributed by atoms with van der Waals surface area (Å²) in [7, 11) is -1.68. The number of pyridine rings is 1. The predicted molar refractivity (Wildman–Crippen MR) is 72.7 cm³/mol. The molecule has 1 aromatic rings. The first kappa shape index (κ1) is 14.9. The van der Waals surface area contributed by atoms with Crippen LogP contribution in [-0.2, 0) is 14.8 Å². The lowest BCUT2D eigenvalue weighted by molar-refractivity contribution is -0.00474. The molecule has 0 bridgehead atoms. The molecular formula is C12H17N3O4S. The van der Waals surface area contributed by atoms with Crippen LogP contribution in [0, 0.1) is 0 Å². The van der Waals surface area contributed by atoms with E-state index in [0.29, 0.717) is 24.4 Å². The minimum absolute atomic E-state index is 0.216. The molecule has 0 aliphatic carbocycles. The molecule has 110 valence electrons. The van der Waals surface area contributed by atoms with Crippen molar-refractivity contribution >= 4 is 15.9 Å². The largest absolute Gasteiger partial charge is 0.369 e. The van der Waals surface area contributed by atoms with Crippen LogP contribution >= 0.6 is 0 Å². The molecule has 2 rings (SSSR count). The van der Waals surface area contributed by atoms with Gasteiger partial charge in [-0.15, -0.1) is 0 Å². The second-order valence-corrected chi connectivity index (χ2v) is 6.51. The molecule has 1 atom stereocenters. The van der Waals surface area contributed by atoms with Gasteiger partial charge in [0.05, 0.1) is 24.1 Å². The highest BCUT2D eigenvalue weighted by Crippen LogP contribution is 2.22. The van der Waals surface area contributed by atoms with Crippen molar-refractivity contribution in [2.45, 2.75) is 6.10 Å². The Labute approximate surface area is 118 Å². The quantitative estimate of drug-likeness (QED) is 0.833. The lowest BCUT2D eigenvalue weighted by Crippen LogP contribution is -2.41. The molecule has 20 heavy (non-hydrogen) atoms. The van der Waals surface area contributed by atoms with Crippen molar-refractivity contribution in [1.29, 1.82) is 0 Å². The number of amides is 1. The van der Waals surface area contributed by atoms with E-state index >= 15 is 0 Å². The van der Waals surface area contributed by atoms with E-state index < -0.39 is 16.1 Å². The number of rotatable bonds is 3. The normalized spacial score (nSPS) is 20.6. The van der Waals surface area contributed by atoms with Crippen LogP contribution < -0.4 is 5.32 Å². The topological polar surface area (TPSA) is 88.6 Å². The van der Waals surface area contributed by atoms with E-state index in [1.807, 2.05) is 0 Å².